The van der Waals surface area contributed by atoms with Crippen molar-refractivity contribution in [3.63, 3.8) is 0 Å². The predicted molar refractivity (Wildman–Crippen MR) is 121 cm³/mol. The Hall–Kier alpha value is -3.28. The number of aromatic amines is 1. The van der Waals surface area contributed by atoms with Gasteiger partial charge in [-0.3, -0.25) is 0 Å². The quantitative estimate of drug-likeness (QED) is 0.276. The highest BCUT2D eigenvalue weighted by Gasteiger charge is 2.08. The van der Waals surface area contributed by atoms with E-state index in [0.717, 1.165) is 15.6 Å². The first-order valence-corrected chi connectivity index (χ1v) is 9.95. The van der Waals surface area contributed by atoms with Gasteiger partial charge in [0.05, 0.1) is 5.52 Å². The summed E-state index contributed by atoms with van der Waals surface area (Å²) in [6.45, 7) is 0. The minimum atomic E-state index is 1.01. The van der Waals surface area contributed by atoms with Crippen LogP contribution in [-0.2, 0) is 0 Å². The lowest BCUT2D eigenvalue weighted by Gasteiger charge is -2.04. The van der Waals surface area contributed by atoms with Gasteiger partial charge in [-0.25, -0.2) is 0 Å². The lowest BCUT2D eigenvalue weighted by Crippen LogP contribution is -1.82. The fourth-order valence-corrected chi connectivity index (χ4v) is 3.79. The van der Waals surface area contributed by atoms with Gasteiger partial charge in [0.25, 0.3) is 0 Å². The number of H-pyrrole nitrogens is 1. The molecule has 0 spiro atoms. The molecule has 0 radical (unpaired) electrons. The van der Waals surface area contributed by atoms with E-state index >= 15 is 0 Å². The predicted octanol–water partition coefficient (Wildman–Crippen LogP) is 7.15. The highest BCUT2D eigenvalue weighted by Crippen LogP contribution is 2.33. The Morgan fingerprint density at radius 1 is 0.607 bits per heavy atom. The maximum atomic E-state index is 3.58. The minimum absolute atomic E-state index is 1.01. The van der Waals surface area contributed by atoms with Gasteiger partial charge < -0.3 is 4.98 Å². The van der Waals surface area contributed by atoms with Crippen LogP contribution in [0.15, 0.2) is 95.5 Å². The van der Waals surface area contributed by atoms with Crippen LogP contribution in [0.5, 0.6) is 0 Å². The van der Waals surface area contributed by atoms with Gasteiger partial charge in [-0.15, -0.1) is 0 Å². The van der Waals surface area contributed by atoms with Crippen molar-refractivity contribution in [3.05, 3.63) is 107 Å². The van der Waals surface area contributed by atoms with Crippen molar-refractivity contribution in [2.75, 3.05) is 0 Å². The SMILES string of the molecule is Brc1ccc(C#Cc2ccc(-c3cccc4c3[nH]c3ccccc34)cc2)cc1. The van der Waals surface area contributed by atoms with Gasteiger partial charge in [0.1, 0.15) is 0 Å². The number of hydrogen-bond acceptors (Lipinski definition) is 0. The van der Waals surface area contributed by atoms with Gasteiger partial charge in [-0.2, -0.15) is 0 Å². The molecule has 0 bridgehead atoms. The summed E-state index contributed by atoms with van der Waals surface area (Å²) in [5.41, 5.74) is 6.76. The molecule has 0 unspecified atom stereocenters. The molecule has 1 N–H and O–H groups in total. The number of hydrogen-bond donors (Lipinski definition) is 1. The van der Waals surface area contributed by atoms with E-state index in [1.54, 1.807) is 0 Å². The minimum Gasteiger partial charge on any atom is -0.354 e. The molecule has 0 saturated carbocycles. The van der Waals surface area contributed by atoms with Crippen molar-refractivity contribution in [2.45, 2.75) is 0 Å². The third-order valence-electron chi connectivity index (χ3n) is 4.93. The molecule has 5 rings (SSSR count). The van der Waals surface area contributed by atoms with Gasteiger partial charge in [-0.1, -0.05) is 76.3 Å². The number of fused-ring (bicyclic) bond motifs is 3. The molecule has 0 fully saturated rings. The molecule has 0 aliphatic carbocycles. The molecule has 28 heavy (non-hydrogen) atoms. The molecule has 0 aliphatic rings. The zero-order chi connectivity index (χ0) is 18.9. The summed E-state index contributed by atoms with van der Waals surface area (Å²) in [7, 11) is 0. The zero-order valence-corrected chi connectivity index (χ0v) is 16.6. The van der Waals surface area contributed by atoms with Crippen molar-refractivity contribution in [1.82, 2.24) is 4.98 Å². The molecule has 2 heteroatoms. The van der Waals surface area contributed by atoms with Crippen LogP contribution in [0.3, 0.4) is 0 Å². The summed E-state index contributed by atoms with van der Waals surface area (Å²) in [6, 6.07) is 31.4. The van der Waals surface area contributed by atoms with Gasteiger partial charge in [0.15, 0.2) is 0 Å². The summed E-state index contributed by atoms with van der Waals surface area (Å²) in [5, 5.41) is 2.52. The summed E-state index contributed by atoms with van der Waals surface area (Å²) in [6.07, 6.45) is 0. The molecule has 0 saturated heterocycles. The zero-order valence-electron chi connectivity index (χ0n) is 15.0. The smallest absolute Gasteiger partial charge is 0.0544 e. The summed E-state index contributed by atoms with van der Waals surface area (Å²) in [4.78, 5) is 3.58. The molecule has 1 nitrogen and oxygen atoms in total. The summed E-state index contributed by atoms with van der Waals surface area (Å²) < 4.78 is 1.06. The third kappa shape index (κ3) is 3.11. The Morgan fingerprint density at radius 2 is 1.25 bits per heavy atom. The number of para-hydroxylation sites is 2. The van der Waals surface area contributed by atoms with Crippen LogP contribution in [0, 0.1) is 11.8 Å². The first kappa shape index (κ1) is 16.9. The molecular formula is C26H16BrN. The molecule has 1 heterocycles. The van der Waals surface area contributed by atoms with Crippen LogP contribution in [0.2, 0.25) is 0 Å². The van der Waals surface area contributed by atoms with Crippen molar-refractivity contribution in [2.24, 2.45) is 0 Å². The molecule has 0 atom stereocenters. The van der Waals surface area contributed by atoms with E-state index < -0.39 is 0 Å². The van der Waals surface area contributed by atoms with Crippen LogP contribution in [0.4, 0.5) is 0 Å². The second-order valence-corrected chi connectivity index (χ2v) is 7.65. The molecule has 132 valence electrons. The molecule has 5 aromatic rings. The Labute approximate surface area is 172 Å². The third-order valence-corrected chi connectivity index (χ3v) is 5.46. The first-order chi connectivity index (χ1) is 13.8. The van der Waals surface area contributed by atoms with E-state index in [1.807, 2.05) is 24.3 Å². The second-order valence-electron chi connectivity index (χ2n) is 6.73. The van der Waals surface area contributed by atoms with E-state index in [0.29, 0.717) is 0 Å². The van der Waals surface area contributed by atoms with E-state index in [1.165, 1.54) is 32.9 Å². The van der Waals surface area contributed by atoms with Crippen molar-refractivity contribution in [3.8, 4) is 23.0 Å². The van der Waals surface area contributed by atoms with Crippen LogP contribution in [-0.4, -0.2) is 4.98 Å². The van der Waals surface area contributed by atoms with Gasteiger partial charge >= 0.3 is 0 Å². The van der Waals surface area contributed by atoms with Gasteiger partial charge in [0.2, 0.25) is 0 Å². The molecule has 0 aliphatic heterocycles. The number of nitrogens with one attached hydrogen (secondary N) is 1. The monoisotopic (exact) mass is 421 g/mol. The Morgan fingerprint density at radius 3 is 2.00 bits per heavy atom. The van der Waals surface area contributed by atoms with Crippen molar-refractivity contribution >= 4 is 37.7 Å². The highest BCUT2D eigenvalue weighted by molar-refractivity contribution is 9.10. The largest absolute Gasteiger partial charge is 0.354 e. The number of benzene rings is 4. The maximum Gasteiger partial charge on any atom is 0.0544 e. The second kappa shape index (κ2) is 7.03. The Kier molecular flexibility index (Phi) is 4.24. The van der Waals surface area contributed by atoms with Crippen LogP contribution in [0.1, 0.15) is 11.1 Å². The average molecular weight is 422 g/mol. The normalized spacial score (nSPS) is 10.8. The lowest BCUT2D eigenvalue weighted by molar-refractivity contribution is 1.53. The fraction of sp³-hybridized carbons (Fsp3) is 0. The summed E-state index contributed by atoms with van der Waals surface area (Å²) in [5.74, 6) is 6.46. The number of halogens is 1. The van der Waals surface area contributed by atoms with Crippen LogP contribution < -0.4 is 0 Å². The maximum absolute atomic E-state index is 3.58. The molecule has 1 aromatic heterocycles. The standard InChI is InChI=1S/C26H16BrN/c27-21-16-12-19(13-17-21)9-8-18-10-14-20(15-11-18)22-5-3-6-24-23-4-1-2-7-25(23)28-26(22)24/h1-7,10-17,28H. The van der Waals surface area contributed by atoms with E-state index in [4.69, 9.17) is 0 Å². The molecular weight excluding hydrogens is 406 g/mol. The molecule has 4 aromatic carbocycles. The fourth-order valence-electron chi connectivity index (χ4n) is 3.52. The van der Waals surface area contributed by atoms with E-state index in [-0.39, 0.29) is 0 Å². The first-order valence-electron chi connectivity index (χ1n) is 9.15. The van der Waals surface area contributed by atoms with Crippen LogP contribution in [0.25, 0.3) is 32.9 Å². The van der Waals surface area contributed by atoms with Gasteiger partial charge in [0, 0.05) is 37.5 Å². The molecule has 0 amide bonds. The Bertz CT molecular complexity index is 1350. The number of rotatable bonds is 1. The van der Waals surface area contributed by atoms with Gasteiger partial charge in [-0.05, 0) is 48.0 Å². The van der Waals surface area contributed by atoms with E-state index in [9.17, 15) is 0 Å². The summed E-state index contributed by atoms with van der Waals surface area (Å²) >= 11 is 3.45. The topological polar surface area (TPSA) is 15.8 Å². The Balaban J connectivity index is 1.52. The van der Waals surface area contributed by atoms with Crippen molar-refractivity contribution in [1.29, 1.82) is 0 Å². The van der Waals surface area contributed by atoms with E-state index in [2.05, 4.69) is 99.5 Å². The average Bonchev–Trinajstić information content (AvgIpc) is 3.13. The number of aromatic nitrogens is 1. The highest BCUT2D eigenvalue weighted by atomic mass is 79.9. The van der Waals surface area contributed by atoms with Crippen LogP contribution >= 0.6 is 15.9 Å². The lowest BCUT2D eigenvalue weighted by atomic mass is 10.0. The van der Waals surface area contributed by atoms with Crippen molar-refractivity contribution < 1.29 is 0 Å².